The summed E-state index contributed by atoms with van der Waals surface area (Å²) in [5, 5.41) is 9.91. The van der Waals surface area contributed by atoms with Crippen LogP contribution in [0.25, 0.3) is 0 Å². The van der Waals surface area contributed by atoms with E-state index in [-0.39, 0.29) is 11.6 Å². The molecule has 118 valence electrons. The molecule has 1 atom stereocenters. The molecule has 0 unspecified atom stereocenters. The number of aliphatic hydroxyl groups excluding tert-OH is 1. The zero-order valence-electron chi connectivity index (χ0n) is 12.7. The van der Waals surface area contributed by atoms with Crippen LogP contribution in [0.3, 0.4) is 0 Å². The lowest BCUT2D eigenvalue weighted by Crippen LogP contribution is -2.31. The molecule has 4 heteroatoms. The first-order chi connectivity index (χ1) is 10.6. The number of benzene rings is 2. The maximum absolute atomic E-state index is 13.0. The second-order valence-corrected chi connectivity index (χ2v) is 5.48. The van der Waals surface area contributed by atoms with E-state index in [0.29, 0.717) is 26.1 Å². The molecule has 0 amide bonds. The van der Waals surface area contributed by atoms with Crippen LogP contribution in [0.4, 0.5) is 8.78 Å². The molecular formula is C18H21F2NO. The fraction of sp³-hybridized carbons (Fsp3) is 0.333. The standard InChI is InChI=1S/C18H21F2NO/c1-2-18(22)13-21(11-14-3-7-16(19)8-4-14)12-15-5-9-17(20)10-6-15/h3-10,18,22H,2,11-13H2,1H3/t18-/m0/s1. The molecule has 0 radical (unpaired) electrons. The summed E-state index contributed by atoms with van der Waals surface area (Å²) in [5.74, 6) is -0.523. The number of rotatable bonds is 7. The van der Waals surface area contributed by atoms with Crippen molar-refractivity contribution in [3.05, 3.63) is 71.3 Å². The van der Waals surface area contributed by atoms with E-state index < -0.39 is 6.10 Å². The van der Waals surface area contributed by atoms with Gasteiger partial charge in [-0.3, -0.25) is 4.90 Å². The van der Waals surface area contributed by atoms with Crippen LogP contribution in [-0.4, -0.2) is 22.7 Å². The van der Waals surface area contributed by atoms with Crippen LogP contribution >= 0.6 is 0 Å². The second-order valence-electron chi connectivity index (χ2n) is 5.48. The van der Waals surface area contributed by atoms with Gasteiger partial charge in [0, 0.05) is 19.6 Å². The van der Waals surface area contributed by atoms with Crippen molar-refractivity contribution in [2.45, 2.75) is 32.5 Å². The third kappa shape index (κ3) is 5.20. The van der Waals surface area contributed by atoms with Crippen molar-refractivity contribution in [1.29, 1.82) is 0 Å². The molecule has 0 saturated carbocycles. The van der Waals surface area contributed by atoms with Gasteiger partial charge in [0.25, 0.3) is 0 Å². The number of hydrogen-bond donors (Lipinski definition) is 1. The molecule has 0 bridgehead atoms. The van der Waals surface area contributed by atoms with Gasteiger partial charge in [-0.1, -0.05) is 31.2 Å². The maximum Gasteiger partial charge on any atom is 0.123 e. The average Bonchev–Trinajstić information content (AvgIpc) is 2.51. The lowest BCUT2D eigenvalue weighted by Gasteiger charge is -2.25. The highest BCUT2D eigenvalue weighted by molar-refractivity contribution is 5.18. The Labute approximate surface area is 130 Å². The third-order valence-electron chi connectivity index (χ3n) is 3.58. The van der Waals surface area contributed by atoms with Crippen LogP contribution < -0.4 is 0 Å². The highest BCUT2D eigenvalue weighted by atomic mass is 19.1. The minimum Gasteiger partial charge on any atom is -0.392 e. The SMILES string of the molecule is CC[C@H](O)CN(Cc1ccc(F)cc1)Cc1ccc(F)cc1. The van der Waals surface area contributed by atoms with Gasteiger partial charge in [-0.25, -0.2) is 8.78 Å². The van der Waals surface area contributed by atoms with E-state index in [9.17, 15) is 13.9 Å². The minimum absolute atomic E-state index is 0.262. The van der Waals surface area contributed by atoms with Gasteiger partial charge in [-0.2, -0.15) is 0 Å². The molecule has 22 heavy (non-hydrogen) atoms. The monoisotopic (exact) mass is 305 g/mol. The molecule has 0 heterocycles. The summed E-state index contributed by atoms with van der Waals surface area (Å²) in [6.45, 7) is 3.66. The summed E-state index contributed by atoms with van der Waals surface area (Å²) in [4.78, 5) is 2.08. The smallest absolute Gasteiger partial charge is 0.123 e. The van der Waals surface area contributed by atoms with Gasteiger partial charge >= 0.3 is 0 Å². The van der Waals surface area contributed by atoms with Crippen molar-refractivity contribution in [1.82, 2.24) is 4.90 Å². The third-order valence-corrected chi connectivity index (χ3v) is 3.58. The second kappa shape index (κ2) is 8.01. The van der Waals surface area contributed by atoms with Crippen LogP contribution in [0.1, 0.15) is 24.5 Å². The Bertz CT molecular complexity index is 521. The highest BCUT2D eigenvalue weighted by Crippen LogP contribution is 2.13. The molecular weight excluding hydrogens is 284 g/mol. The summed E-state index contributed by atoms with van der Waals surface area (Å²) >= 11 is 0. The summed E-state index contributed by atoms with van der Waals surface area (Å²) in [5.41, 5.74) is 1.96. The molecule has 0 aliphatic rings. The fourth-order valence-corrected chi connectivity index (χ4v) is 2.31. The average molecular weight is 305 g/mol. The first-order valence-electron chi connectivity index (χ1n) is 7.46. The van der Waals surface area contributed by atoms with Gasteiger partial charge in [-0.15, -0.1) is 0 Å². The lowest BCUT2D eigenvalue weighted by atomic mass is 10.1. The Morgan fingerprint density at radius 2 is 1.27 bits per heavy atom. The van der Waals surface area contributed by atoms with Crippen LogP contribution in [-0.2, 0) is 13.1 Å². The van der Waals surface area contributed by atoms with Crippen molar-refractivity contribution < 1.29 is 13.9 Å². The van der Waals surface area contributed by atoms with E-state index in [1.54, 1.807) is 24.3 Å². The highest BCUT2D eigenvalue weighted by Gasteiger charge is 2.12. The van der Waals surface area contributed by atoms with Crippen LogP contribution in [0, 0.1) is 11.6 Å². The Morgan fingerprint density at radius 1 is 0.864 bits per heavy atom. The van der Waals surface area contributed by atoms with E-state index in [4.69, 9.17) is 0 Å². The molecule has 1 N–H and O–H groups in total. The molecule has 0 spiro atoms. The van der Waals surface area contributed by atoms with Crippen LogP contribution in [0.5, 0.6) is 0 Å². The summed E-state index contributed by atoms with van der Waals surface area (Å²) in [6, 6.07) is 12.7. The van der Waals surface area contributed by atoms with Crippen molar-refractivity contribution >= 4 is 0 Å². The molecule has 2 nitrogen and oxygen atoms in total. The van der Waals surface area contributed by atoms with E-state index in [0.717, 1.165) is 11.1 Å². The van der Waals surface area contributed by atoms with Crippen molar-refractivity contribution in [3.8, 4) is 0 Å². The Morgan fingerprint density at radius 3 is 1.64 bits per heavy atom. The number of aliphatic hydroxyl groups is 1. The van der Waals surface area contributed by atoms with Gasteiger partial charge in [0.05, 0.1) is 6.10 Å². The topological polar surface area (TPSA) is 23.5 Å². The van der Waals surface area contributed by atoms with E-state index in [1.807, 2.05) is 6.92 Å². The normalized spacial score (nSPS) is 12.6. The minimum atomic E-state index is -0.416. The van der Waals surface area contributed by atoms with E-state index in [2.05, 4.69) is 4.90 Å². The largest absolute Gasteiger partial charge is 0.392 e. The number of nitrogens with zero attached hydrogens (tertiary/aromatic N) is 1. The van der Waals surface area contributed by atoms with Gasteiger partial charge < -0.3 is 5.11 Å². The zero-order chi connectivity index (χ0) is 15.9. The molecule has 0 fully saturated rings. The molecule has 2 aromatic carbocycles. The predicted octanol–water partition coefficient (Wildman–Crippen LogP) is 3.74. The Hall–Kier alpha value is -1.78. The van der Waals surface area contributed by atoms with Gasteiger partial charge in [0.1, 0.15) is 11.6 Å². The molecule has 2 rings (SSSR count). The molecule has 2 aromatic rings. The van der Waals surface area contributed by atoms with Crippen LogP contribution in [0.15, 0.2) is 48.5 Å². The number of halogens is 2. The molecule has 0 aliphatic heterocycles. The molecule has 0 saturated heterocycles. The Kier molecular flexibility index (Phi) is 6.04. The zero-order valence-corrected chi connectivity index (χ0v) is 12.7. The summed E-state index contributed by atoms with van der Waals surface area (Å²) in [7, 11) is 0. The number of hydrogen-bond acceptors (Lipinski definition) is 2. The first kappa shape index (κ1) is 16.6. The first-order valence-corrected chi connectivity index (χ1v) is 7.46. The van der Waals surface area contributed by atoms with Crippen molar-refractivity contribution in [2.75, 3.05) is 6.54 Å². The van der Waals surface area contributed by atoms with Crippen LogP contribution in [0.2, 0.25) is 0 Å². The summed E-state index contributed by atoms with van der Waals surface area (Å²) in [6.07, 6.45) is 0.254. The van der Waals surface area contributed by atoms with Crippen molar-refractivity contribution in [2.24, 2.45) is 0 Å². The quantitative estimate of drug-likeness (QED) is 0.842. The fourth-order valence-electron chi connectivity index (χ4n) is 2.31. The predicted molar refractivity (Wildman–Crippen MR) is 83.2 cm³/mol. The maximum atomic E-state index is 13.0. The van der Waals surface area contributed by atoms with E-state index in [1.165, 1.54) is 24.3 Å². The van der Waals surface area contributed by atoms with Crippen molar-refractivity contribution in [3.63, 3.8) is 0 Å². The van der Waals surface area contributed by atoms with Gasteiger partial charge in [0.2, 0.25) is 0 Å². The van der Waals surface area contributed by atoms with E-state index >= 15 is 0 Å². The van der Waals surface area contributed by atoms with Gasteiger partial charge in [-0.05, 0) is 41.8 Å². The summed E-state index contributed by atoms with van der Waals surface area (Å²) < 4.78 is 26.0. The van der Waals surface area contributed by atoms with Gasteiger partial charge in [0.15, 0.2) is 0 Å². The Balaban J connectivity index is 2.07. The lowest BCUT2D eigenvalue weighted by molar-refractivity contribution is 0.101. The molecule has 0 aliphatic carbocycles. The molecule has 0 aromatic heterocycles.